The summed E-state index contributed by atoms with van der Waals surface area (Å²) >= 11 is 0. The number of ether oxygens (including phenoxy) is 1. The molecule has 1 aromatic carbocycles. The van der Waals surface area contributed by atoms with Crippen LogP contribution in [0.1, 0.15) is 62.7 Å². The van der Waals surface area contributed by atoms with Crippen molar-refractivity contribution < 1.29 is 19.1 Å². The Kier molecular flexibility index (Phi) is 6.70. The molecule has 1 aromatic rings. The van der Waals surface area contributed by atoms with E-state index in [1.807, 2.05) is 4.90 Å². The van der Waals surface area contributed by atoms with Gasteiger partial charge in [-0.2, -0.15) is 0 Å². The second-order valence-corrected chi connectivity index (χ2v) is 7.76. The summed E-state index contributed by atoms with van der Waals surface area (Å²) in [5, 5.41) is 2.75. The van der Waals surface area contributed by atoms with Crippen molar-refractivity contribution in [1.82, 2.24) is 4.90 Å². The number of likely N-dealkylation sites (tertiary alicyclic amines) is 1. The Labute approximate surface area is 166 Å². The molecule has 2 aliphatic rings. The van der Waals surface area contributed by atoms with Gasteiger partial charge in [0, 0.05) is 30.5 Å². The lowest BCUT2D eigenvalue weighted by Gasteiger charge is -2.33. The first-order chi connectivity index (χ1) is 13.5. The third-order valence-electron chi connectivity index (χ3n) is 5.82. The highest BCUT2D eigenvalue weighted by Gasteiger charge is 2.31. The molecule has 6 nitrogen and oxygen atoms in total. The second-order valence-electron chi connectivity index (χ2n) is 7.76. The average molecular weight is 386 g/mol. The predicted octanol–water partition coefficient (Wildman–Crippen LogP) is 3.66. The zero-order valence-electron chi connectivity index (χ0n) is 16.8. The van der Waals surface area contributed by atoms with Gasteiger partial charge in [-0.15, -0.1) is 0 Å². The lowest BCUT2D eigenvalue weighted by Crippen LogP contribution is -2.43. The van der Waals surface area contributed by atoms with Crippen LogP contribution in [0.25, 0.3) is 0 Å². The van der Waals surface area contributed by atoms with E-state index in [0.717, 1.165) is 25.7 Å². The third-order valence-corrected chi connectivity index (χ3v) is 5.82. The molecule has 1 N–H and O–H groups in total. The molecule has 2 amide bonds. The molecule has 0 saturated carbocycles. The number of piperidine rings is 1. The number of anilines is 1. The summed E-state index contributed by atoms with van der Waals surface area (Å²) < 4.78 is 5.35. The van der Waals surface area contributed by atoms with Gasteiger partial charge in [-0.25, -0.2) is 0 Å². The van der Waals surface area contributed by atoms with E-state index < -0.39 is 0 Å². The first kappa shape index (κ1) is 20.4. The highest BCUT2D eigenvalue weighted by molar-refractivity contribution is 6.01. The molecule has 1 atom stereocenters. The zero-order valence-corrected chi connectivity index (χ0v) is 16.8. The number of hydrogen-bond donors (Lipinski definition) is 1. The highest BCUT2D eigenvalue weighted by Crippen LogP contribution is 2.31. The summed E-state index contributed by atoms with van der Waals surface area (Å²) in [5.41, 5.74) is 1.14. The van der Waals surface area contributed by atoms with Crippen molar-refractivity contribution >= 4 is 23.3 Å². The number of unbranched alkanes of at least 4 members (excludes halogenated alkanes) is 1. The van der Waals surface area contributed by atoms with Crippen molar-refractivity contribution in [2.45, 2.75) is 52.4 Å². The first-order valence-electron chi connectivity index (χ1n) is 10.4. The largest absolute Gasteiger partial charge is 0.482 e. The van der Waals surface area contributed by atoms with Crippen LogP contribution in [0.3, 0.4) is 0 Å². The number of nitrogens with zero attached hydrogens (tertiary/aromatic N) is 1. The molecule has 1 unspecified atom stereocenters. The van der Waals surface area contributed by atoms with Gasteiger partial charge >= 0.3 is 0 Å². The van der Waals surface area contributed by atoms with Gasteiger partial charge in [-0.3, -0.25) is 14.4 Å². The van der Waals surface area contributed by atoms with E-state index in [0.29, 0.717) is 42.9 Å². The highest BCUT2D eigenvalue weighted by atomic mass is 16.5. The maximum Gasteiger partial charge on any atom is 0.262 e. The number of fused-ring (bicyclic) bond motifs is 1. The topological polar surface area (TPSA) is 75.7 Å². The minimum atomic E-state index is -0.211. The Hall–Kier alpha value is -2.37. The van der Waals surface area contributed by atoms with Gasteiger partial charge in [-0.1, -0.05) is 26.7 Å². The maximum atomic E-state index is 12.9. The minimum absolute atomic E-state index is 0.00376. The van der Waals surface area contributed by atoms with Crippen LogP contribution in [0.2, 0.25) is 0 Å². The Morgan fingerprint density at radius 3 is 2.68 bits per heavy atom. The monoisotopic (exact) mass is 386 g/mol. The molecular formula is C22H30N2O4. The number of Topliss-reactive ketones (excluding diaryl/α,β-unsaturated/α-hetero) is 1. The van der Waals surface area contributed by atoms with Crippen molar-refractivity contribution in [2.75, 3.05) is 25.0 Å². The lowest BCUT2D eigenvalue weighted by molar-refractivity contribution is -0.137. The van der Waals surface area contributed by atoms with Gasteiger partial charge < -0.3 is 15.0 Å². The number of rotatable bonds is 7. The molecule has 0 radical (unpaired) electrons. The summed E-state index contributed by atoms with van der Waals surface area (Å²) in [6.07, 6.45) is 5.39. The van der Waals surface area contributed by atoms with Crippen LogP contribution in [-0.2, 0) is 9.59 Å². The molecule has 152 valence electrons. The lowest BCUT2D eigenvalue weighted by atomic mass is 9.87. The van der Waals surface area contributed by atoms with Gasteiger partial charge in [0.1, 0.15) is 5.75 Å². The molecule has 28 heavy (non-hydrogen) atoms. The number of benzene rings is 1. The summed E-state index contributed by atoms with van der Waals surface area (Å²) in [6, 6.07) is 5.19. The molecule has 6 heteroatoms. The fourth-order valence-electron chi connectivity index (χ4n) is 4.05. The van der Waals surface area contributed by atoms with Gasteiger partial charge in [0.05, 0.1) is 5.69 Å². The molecule has 1 saturated heterocycles. The van der Waals surface area contributed by atoms with E-state index in [2.05, 4.69) is 19.2 Å². The number of carbonyl (C=O) groups is 3. The SMILES string of the molecule is CCCCC(CC)C(=O)N1CCC(C(=O)c2ccc3c(c2)NC(=O)CO3)CC1. The molecular weight excluding hydrogens is 356 g/mol. The van der Waals surface area contributed by atoms with Crippen LogP contribution < -0.4 is 10.1 Å². The van der Waals surface area contributed by atoms with Crippen LogP contribution >= 0.6 is 0 Å². The molecule has 3 rings (SSSR count). The first-order valence-corrected chi connectivity index (χ1v) is 10.4. The fourth-order valence-corrected chi connectivity index (χ4v) is 4.05. The Balaban J connectivity index is 1.59. The fraction of sp³-hybridized carbons (Fsp3) is 0.591. The molecule has 2 heterocycles. The van der Waals surface area contributed by atoms with Crippen molar-refractivity contribution in [3.05, 3.63) is 23.8 Å². The zero-order chi connectivity index (χ0) is 20.1. The Morgan fingerprint density at radius 2 is 2.00 bits per heavy atom. The van der Waals surface area contributed by atoms with Crippen molar-refractivity contribution in [3.63, 3.8) is 0 Å². The molecule has 0 aromatic heterocycles. The number of carbonyl (C=O) groups excluding carboxylic acids is 3. The van der Waals surface area contributed by atoms with E-state index in [1.54, 1.807) is 18.2 Å². The standard InChI is InChI=1S/C22H30N2O4/c1-3-5-6-15(4-2)22(27)24-11-9-16(10-12-24)21(26)17-7-8-19-18(13-17)23-20(25)14-28-19/h7-8,13,15-16H,3-6,9-12,14H2,1-2H3,(H,23,25). The number of nitrogens with one attached hydrogen (secondary N) is 1. The normalized spacial score (nSPS) is 18.1. The van der Waals surface area contributed by atoms with Crippen LogP contribution in [0, 0.1) is 11.8 Å². The van der Waals surface area contributed by atoms with Gasteiger partial charge in [0.2, 0.25) is 5.91 Å². The Bertz CT molecular complexity index is 738. The number of hydrogen-bond acceptors (Lipinski definition) is 4. The summed E-state index contributed by atoms with van der Waals surface area (Å²) in [5.74, 6) is 0.726. The van der Waals surface area contributed by atoms with E-state index in [4.69, 9.17) is 4.74 Å². The van der Waals surface area contributed by atoms with Crippen molar-refractivity contribution in [1.29, 1.82) is 0 Å². The van der Waals surface area contributed by atoms with Crippen molar-refractivity contribution in [2.24, 2.45) is 11.8 Å². The molecule has 2 aliphatic heterocycles. The third kappa shape index (κ3) is 4.54. The quantitative estimate of drug-likeness (QED) is 0.726. The molecule has 0 spiro atoms. The van der Waals surface area contributed by atoms with Gasteiger partial charge in [0.25, 0.3) is 5.91 Å². The summed E-state index contributed by atoms with van der Waals surface area (Å²) in [4.78, 5) is 39.1. The summed E-state index contributed by atoms with van der Waals surface area (Å²) in [6.45, 7) is 5.51. The van der Waals surface area contributed by atoms with E-state index in [9.17, 15) is 14.4 Å². The van der Waals surface area contributed by atoms with E-state index in [-0.39, 0.29) is 36.0 Å². The number of amides is 2. The minimum Gasteiger partial charge on any atom is -0.482 e. The predicted molar refractivity (Wildman–Crippen MR) is 108 cm³/mol. The Morgan fingerprint density at radius 1 is 1.25 bits per heavy atom. The molecule has 0 bridgehead atoms. The molecule has 0 aliphatic carbocycles. The average Bonchev–Trinajstić information content (AvgIpc) is 2.73. The van der Waals surface area contributed by atoms with Crippen LogP contribution in [0.5, 0.6) is 5.75 Å². The van der Waals surface area contributed by atoms with Crippen LogP contribution in [0.15, 0.2) is 18.2 Å². The van der Waals surface area contributed by atoms with E-state index >= 15 is 0 Å². The van der Waals surface area contributed by atoms with Gasteiger partial charge in [-0.05, 0) is 43.9 Å². The summed E-state index contributed by atoms with van der Waals surface area (Å²) in [7, 11) is 0. The van der Waals surface area contributed by atoms with Crippen molar-refractivity contribution in [3.8, 4) is 5.75 Å². The smallest absolute Gasteiger partial charge is 0.262 e. The second kappa shape index (κ2) is 9.22. The van der Waals surface area contributed by atoms with Crippen LogP contribution in [0.4, 0.5) is 5.69 Å². The molecule has 1 fully saturated rings. The van der Waals surface area contributed by atoms with Gasteiger partial charge in [0.15, 0.2) is 12.4 Å². The van der Waals surface area contributed by atoms with E-state index in [1.165, 1.54) is 0 Å². The van der Waals surface area contributed by atoms with Crippen LogP contribution in [-0.4, -0.2) is 42.2 Å². The maximum absolute atomic E-state index is 12.9. The number of ketones is 1.